The van der Waals surface area contributed by atoms with Crippen molar-refractivity contribution in [3.8, 4) is 0 Å². The minimum absolute atomic E-state index is 0.00731. The Morgan fingerprint density at radius 2 is 1.89 bits per heavy atom. The smallest absolute Gasteiger partial charge is 0.318 e. The van der Waals surface area contributed by atoms with Crippen molar-refractivity contribution in [2.75, 3.05) is 0 Å². The first-order valence-electron chi connectivity index (χ1n) is 5.96. The lowest BCUT2D eigenvalue weighted by Gasteiger charge is -2.15. The second kappa shape index (κ2) is 6.74. The Kier molecular flexibility index (Phi) is 5.31. The number of ketones is 1. The number of esters is 1. The van der Waals surface area contributed by atoms with E-state index in [1.165, 1.54) is 6.92 Å². The third-order valence-electron chi connectivity index (χ3n) is 2.64. The standard InChI is InChI=1S/C15H18O3/c1-4-14(18-15(17)10-11(2)16)12(3)13-8-6-5-7-9-13/h4-9,12H,10H2,1-3H3/b14-4+. The molecule has 3 nitrogen and oxygen atoms in total. The van der Waals surface area contributed by atoms with Crippen LogP contribution in [0, 0.1) is 0 Å². The first kappa shape index (κ1) is 14.2. The molecule has 0 aliphatic rings. The van der Waals surface area contributed by atoms with Crippen LogP contribution >= 0.6 is 0 Å². The van der Waals surface area contributed by atoms with E-state index >= 15 is 0 Å². The molecule has 0 amide bonds. The van der Waals surface area contributed by atoms with Crippen molar-refractivity contribution in [3.63, 3.8) is 0 Å². The van der Waals surface area contributed by atoms with Crippen molar-refractivity contribution in [2.45, 2.75) is 33.1 Å². The van der Waals surface area contributed by atoms with Crippen LogP contribution in [-0.4, -0.2) is 11.8 Å². The van der Waals surface area contributed by atoms with Crippen LogP contribution in [0.1, 0.15) is 38.7 Å². The Balaban J connectivity index is 2.73. The molecule has 0 N–H and O–H groups in total. The van der Waals surface area contributed by atoms with Crippen LogP contribution in [0.5, 0.6) is 0 Å². The largest absolute Gasteiger partial charge is 0.430 e. The Morgan fingerprint density at radius 3 is 2.39 bits per heavy atom. The molecule has 1 aromatic rings. The quantitative estimate of drug-likeness (QED) is 0.455. The van der Waals surface area contributed by atoms with E-state index in [0.29, 0.717) is 5.76 Å². The number of rotatable bonds is 5. The van der Waals surface area contributed by atoms with Crippen molar-refractivity contribution < 1.29 is 14.3 Å². The van der Waals surface area contributed by atoms with E-state index < -0.39 is 5.97 Å². The van der Waals surface area contributed by atoms with Crippen molar-refractivity contribution >= 4 is 11.8 Å². The predicted molar refractivity (Wildman–Crippen MR) is 70.0 cm³/mol. The van der Waals surface area contributed by atoms with Gasteiger partial charge in [-0.05, 0) is 25.5 Å². The third-order valence-corrected chi connectivity index (χ3v) is 2.64. The number of Topliss-reactive ketones (excluding diaryl/α,β-unsaturated/α-hetero) is 1. The van der Waals surface area contributed by atoms with E-state index in [0.717, 1.165) is 5.56 Å². The highest BCUT2D eigenvalue weighted by molar-refractivity contribution is 5.94. The van der Waals surface area contributed by atoms with E-state index in [4.69, 9.17) is 4.74 Å². The molecule has 0 fully saturated rings. The summed E-state index contributed by atoms with van der Waals surface area (Å²) in [6.07, 6.45) is 1.58. The zero-order valence-electron chi connectivity index (χ0n) is 11.0. The average Bonchev–Trinajstić information content (AvgIpc) is 2.35. The summed E-state index contributed by atoms with van der Waals surface area (Å²) in [6.45, 7) is 5.15. The van der Waals surface area contributed by atoms with Gasteiger partial charge < -0.3 is 4.74 Å². The fourth-order valence-corrected chi connectivity index (χ4v) is 1.67. The maximum atomic E-state index is 11.5. The predicted octanol–water partition coefficient (Wildman–Crippen LogP) is 3.22. The lowest BCUT2D eigenvalue weighted by molar-refractivity contribution is -0.142. The Labute approximate surface area is 107 Å². The molecule has 0 spiro atoms. The molecule has 0 radical (unpaired) electrons. The highest BCUT2D eigenvalue weighted by Crippen LogP contribution is 2.24. The summed E-state index contributed by atoms with van der Waals surface area (Å²) >= 11 is 0. The van der Waals surface area contributed by atoms with Gasteiger partial charge in [0.15, 0.2) is 0 Å². The average molecular weight is 246 g/mol. The molecule has 0 saturated heterocycles. The van der Waals surface area contributed by atoms with Crippen LogP contribution in [0.2, 0.25) is 0 Å². The van der Waals surface area contributed by atoms with Crippen LogP contribution < -0.4 is 0 Å². The molecule has 0 aliphatic heterocycles. The van der Waals surface area contributed by atoms with E-state index in [2.05, 4.69) is 0 Å². The molecule has 1 unspecified atom stereocenters. The molecule has 96 valence electrons. The van der Waals surface area contributed by atoms with E-state index in [1.54, 1.807) is 6.08 Å². The van der Waals surface area contributed by atoms with Gasteiger partial charge in [-0.25, -0.2) is 0 Å². The van der Waals surface area contributed by atoms with Gasteiger partial charge in [-0.1, -0.05) is 37.3 Å². The minimum atomic E-state index is -0.501. The van der Waals surface area contributed by atoms with Gasteiger partial charge in [-0.2, -0.15) is 0 Å². The van der Waals surface area contributed by atoms with Crippen LogP contribution in [0.25, 0.3) is 0 Å². The van der Waals surface area contributed by atoms with Crippen LogP contribution in [-0.2, 0) is 14.3 Å². The fourth-order valence-electron chi connectivity index (χ4n) is 1.67. The van der Waals surface area contributed by atoms with Gasteiger partial charge >= 0.3 is 5.97 Å². The van der Waals surface area contributed by atoms with E-state index in [-0.39, 0.29) is 18.1 Å². The van der Waals surface area contributed by atoms with Crippen molar-refractivity contribution in [2.24, 2.45) is 0 Å². The van der Waals surface area contributed by atoms with Crippen molar-refractivity contribution in [3.05, 3.63) is 47.7 Å². The van der Waals surface area contributed by atoms with Crippen molar-refractivity contribution in [1.82, 2.24) is 0 Å². The van der Waals surface area contributed by atoms with Crippen LogP contribution in [0.4, 0.5) is 0 Å². The lowest BCUT2D eigenvalue weighted by atomic mass is 9.99. The molecular formula is C15H18O3. The normalized spacial score (nSPS) is 12.9. The Bertz CT molecular complexity index is 446. The number of hydrogen-bond donors (Lipinski definition) is 0. The topological polar surface area (TPSA) is 43.4 Å². The van der Waals surface area contributed by atoms with Crippen molar-refractivity contribution in [1.29, 1.82) is 0 Å². The summed E-state index contributed by atoms with van der Waals surface area (Å²) in [5.41, 5.74) is 1.07. The molecule has 0 heterocycles. The minimum Gasteiger partial charge on any atom is -0.430 e. The molecule has 3 heteroatoms. The maximum Gasteiger partial charge on any atom is 0.318 e. The molecule has 0 bridgehead atoms. The number of carbonyl (C=O) groups excluding carboxylic acids is 2. The van der Waals surface area contributed by atoms with Crippen LogP contribution in [0.15, 0.2) is 42.2 Å². The number of ether oxygens (including phenoxy) is 1. The molecule has 18 heavy (non-hydrogen) atoms. The number of allylic oxidation sites excluding steroid dienone is 2. The summed E-state index contributed by atoms with van der Waals surface area (Å²) in [6, 6.07) is 9.78. The first-order chi connectivity index (χ1) is 8.54. The molecule has 1 atom stereocenters. The van der Waals surface area contributed by atoms with Gasteiger partial charge in [0.25, 0.3) is 0 Å². The Hall–Kier alpha value is -1.90. The first-order valence-corrected chi connectivity index (χ1v) is 5.96. The Morgan fingerprint density at radius 1 is 1.28 bits per heavy atom. The summed E-state index contributed by atoms with van der Waals surface area (Å²) in [5.74, 6) is -0.124. The summed E-state index contributed by atoms with van der Waals surface area (Å²) in [7, 11) is 0. The van der Waals surface area contributed by atoms with Gasteiger partial charge in [-0.3, -0.25) is 9.59 Å². The number of benzene rings is 1. The third kappa shape index (κ3) is 4.17. The molecule has 0 aromatic heterocycles. The van der Waals surface area contributed by atoms with Crippen LogP contribution in [0.3, 0.4) is 0 Å². The highest BCUT2D eigenvalue weighted by Gasteiger charge is 2.16. The van der Waals surface area contributed by atoms with Gasteiger partial charge in [0.1, 0.15) is 18.0 Å². The van der Waals surface area contributed by atoms with Gasteiger partial charge in [0.05, 0.1) is 0 Å². The number of carbonyl (C=O) groups is 2. The summed E-state index contributed by atoms with van der Waals surface area (Å²) < 4.78 is 5.23. The fraction of sp³-hybridized carbons (Fsp3) is 0.333. The molecular weight excluding hydrogens is 228 g/mol. The van der Waals surface area contributed by atoms with E-state index in [9.17, 15) is 9.59 Å². The maximum absolute atomic E-state index is 11.5. The summed E-state index contributed by atoms with van der Waals surface area (Å²) in [4.78, 5) is 22.3. The molecule has 1 aromatic carbocycles. The molecule has 0 aliphatic carbocycles. The molecule has 1 rings (SSSR count). The van der Waals surface area contributed by atoms with Gasteiger partial charge in [0.2, 0.25) is 0 Å². The van der Waals surface area contributed by atoms with Gasteiger partial charge in [0, 0.05) is 5.92 Å². The van der Waals surface area contributed by atoms with Gasteiger partial charge in [-0.15, -0.1) is 0 Å². The number of hydrogen-bond acceptors (Lipinski definition) is 3. The van der Waals surface area contributed by atoms with E-state index in [1.807, 2.05) is 44.2 Å². The second-order valence-corrected chi connectivity index (χ2v) is 4.18. The zero-order valence-corrected chi connectivity index (χ0v) is 11.0. The SMILES string of the molecule is C/C=C(/OC(=O)CC(C)=O)C(C)c1ccccc1. The summed E-state index contributed by atoms with van der Waals surface area (Å²) in [5, 5.41) is 0. The second-order valence-electron chi connectivity index (χ2n) is 4.18. The lowest BCUT2D eigenvalue weighted by Crippen LogP contribution is -2.12. The molecule has 0 saturated carbocycles. The highest BCUT2D eigenvalue weighted by atomic mass is 16.5. The monoisotopic (exact) mass is 246 g/mol. The zero-order chi connectivity index (χ0) is 13.5.